The summed E-state index contributed by atoms with van der Waals surface area (Å²) in [6.45, 7) is 3.64. The molecular formula is C19H19N3O2S2. The lowest BCUT2D eigenvalue weighted by Gasteiger charge is -2.14. The highest BCUT2D eigenvalue weighted by Gasteiger charge is 2.19. The molecule has 1 fully saturated rings. The van der Waals surface area contributed by atoms with Crippen LogP contribution >= 0.6 is 23.1 Å². The number of likely N-dealkylation sites (tertiary alicyclic amines) is 1. The molecule has 26 heavy (non-hydrogen) atoms. The zero-order valence-corrected chi connectivity index (χ0v) is 16.1. The van der Waals surface area contributed by atoms with E-state index in [1.165, 1.54) is 0 Å². The molecule has 3 aromatic rings. The van der Waals surface area contributed by atoms with Crippen molar-refractivity contribution in [2.24, 2.45) is 0 Å². The fourth-order valence-corrected chi connectivity index (χ4v) is 4.40. The van der Waals surface area contributed by atoms with Crippen LogP contribution in [0, 0.1) is 6.92 Å². The van der Waals surface area contributed by atoms with Gasteiger partial charge in [-0.1, -0.05) is 17.8 Å². The van der Waals surface area contributed by atoms with Crippen LogP contribution in [0.1, 0.15) is 34.7 Å². The van der Waals surface area contributed by atoms with Crippen molar-refractivity contribution in [3.8, 4) is 10.8 Å². The van der Waals surface area contributed by atoms with Crippen molar-refractivity contribution in [1.82, 2.24) is 14.9 Å². The fourth-order valence-electron chi connectivity index (χ4n) is 2.90. The van der Waals surface area contributed by atoms with Crippen molar-refractivity contribution in [2.75, 3.05) is 13.1 Å². The maximum absolute atomic E-state index is 12.4. The summed E-state index contributed by atoms with van der Waals surface area (Å²) >= 11 is 3.21. The summed E-state index contributed by atoms with van der Waals surface area (Å²) in [4.78, 5) is 24.3. The first-order valence-corrected chi connectivity index (χ1v) is 10.5. The zero-order valence-electron chi connectivity index (χ0n) is 14.5. The van der Waals surface area contributed by atoms with Crippen LogP contribution in [0.5, 0.6) is 0 Å². The molecule has 1 aliphatic rings. The second kappa shape index (κ2) is 7.63. The molecule has 3 aromatic heterocycles. The molecule has 0 spiro atoms. The van der Waals surface area contributed by atoms with E-state index in [2.05, 4.69) is 9.97 Å². The molecule has 1 saturated heterocycles. The van der Waals surface area contributed by atoms with Crippen molar-refractivity contribution in [2.45, 2.75) is 30.5 Å². The Balaban J connectivity index is 1.40. The number of pyridine rings is 1. The van der Waals surface area contributed by atoms with E-state index >= 15 is 0 Å². The van der Waals surface area contributed by atoms with Crippen LogP contribution in [0.25, 0.3) is 10.8 Å². The maximum atomic E-state index is 12.4. The number of oxazole rings is 1. The van der Waals surface area contributed by atoms with Crippen LogP contribution < -0.4 is 0 Å². The molecule has 4 rings (SSSR count). The average molecular weight is 386 g/mol. The highest BCUT2D eigenvalue weighted by molar-refractivity contribution is 7.98. The number of nitrogens with zero attached hydrogens (tertiary/aromatic N) is 3. The van der Waals surface area contributed by atoms with E-state index in [9.17, 15) is 4.79 Å². The van der Waals surface area contributed by atoms with Crippen molar-refractivity contribution < 1.29 is 9.21 Å². The number of amides is 1. The predicted octanol–water partition coefficient (Wildman–Crippen LogP) is 4.63. The van der Waals surface area contributed by atoms with Crippen LogP contribution in [0.2, 0.25) is 0 Å². The second-order valence-corrected chi connectivity index (χ2v) is 8.12. The van der Waals surface area contributed by atoms with Crippen molar-refractivity contribution in [3.05, 3.63) is 52.9 Å². The summed E-state index contributed by atoms with van der Waals surface area (Å²) in [6, 6.07) is 7.76. The summed E-state index contributed by atoms with van der Waals surface area (Å²) in [5, 5.41) is 2.89. The average Bonchev–Trinajstić information content (AvgIpc) is 3.41. The lowest BCUT2D eigenvalue weighted by Crippen LogP contribution is -2.27. The number of hydrogen-bond acceptors (Lipinski definition) is 6. The van der Waals surface area contributed by atoms with Gasteiger partial charge in [0.05, 0.1) is 21.2 Å². The number of thioether (sulfide) groups is 1. The molecule has 134 valence electrons. The number of aromatic nitrogens is 2. The Hall–Kier alpha value is -2.12. The Morgan fingerprint density at radius 3 is 2.85 bits per heavy atom. The van der Waals surface area contributed by atoms with Gasteiger partial charge in [-0.25, -0.2) is 9.97 Å². The van der Waals surface area contributed by atoms with Crippen LogP contribution in [-0.2, 0) is 5.75 Å². The van der Waals surface area contributed by atoms with Crippen molar-refractivity contribution in [1.29, 1.82) is 0 Å². The van der Waals surface area contributed by atoms with Crippen LogP contribution in [0.3, 0.4) is 0 Å². The Labute approximate surface area is 160 Å². The first-order chi connectivity index (χ1) is 12.7. The number of carbonyl (C=O) groups excluding carboxylic acids is 1. The summed E-state index contributed by atoms with van der Waals surface area (Å²) in [5.41, 5.74) is 1.59. The Morgan fingerprint density at radius 2 is 2.15 bits per heavy atom. The van der Waals surface area contributed by atoms with E-state index in [4.69, 9.17) is 4.42 Å². The molecule has 4 heterocycles. The largest absolute Gasteiger partial charge is 0.440 e. The van der Waals surface area contributed by atoms with Gasteiger partial charge in [0.2, 0.25) is 5.89 Å². The van der Waals surface area contributed by atoms with Gasteiger partial charge < -0.3 is 9.32 Å². The lowest BCUT2D eigenvalue weighted by molar-refractivity contribution is 0.0792. The van der Waals surface area contributed by atoms with Gasteiger partial charge in [-0.15, -0.1) is 11.3 Å². The molecule has 1 aliphatic heterocycles. The highest BCUT2D eigenvalue weighted by Crippen LogP contribution is 2.29. The van der Waals surface area contributed by atoms with Gasteiger partial charge in [0.15, 0.2) is 0 Å². The normalized spacial score (nSPS) is 14.1. The molecule has 0 unspecified atom stereocenters. The Kier molecular flexibility index (Phi) is 5.08. The van der Waals surface area contributed by atoms with Crippen LogP contribution in [-0.4, -0.2) is 33.9 Å². The van der Waals surface area contributed by atoms with Crippen molar-refractivity contribution >= 4 is 29.0 Å². The summed E-state index contributed by atoms with van der Waals surface area (Å²) in [5.74, 6) is 2.28. The first kappa shape index (κ1) is 17.3. The van der Waals surface area contributed by atoms with E-state index in [-0.39, 0.29) is 5.91 Å². The molecule has 0 saturated carbocycles. The molecule has 7 heteroatoms. The minimum absolute atomic E-state index is 0.0829. The van der Waals surface area contributed by atoms with Gasteiger partial charge in [-0.3, -0.25) is 4.79 Å². The Bertz CT molecular complexity index is 882. The number of rotatable bonds is 5. The standard InChI is InChI=1S/C19H19N3O2S2/c1-13-15(21-18(24-13)16-5-4-10-25-16)12-26-17-7-6-14(11-20-17)19(23)22-8-2-3-9-22/h4-7,10-11H,2-3,8-9,12H2,1H3. The molecule has 0 radical (unpaired) electrons. The van der Waals surface area contributed by atoms with Crippen LogP contribution in [0.4, 0.5) is 0 Å². The molecule has 0 atom stereocenters. The van der Waals surface area contributed by atoms with Gasteiger partial charge in [-0.2, -0.15) is 0 Å². The van der Waals surface area contributed by atoms with Crippen molar-refractivity contribution in [3.63, 3.8) is 0 Å². The molecule has 0 bridgehead atoms. The summed E-state index contributed by atoms with van der Waals surface area (Å²) < 4.78 is 5.77. The zero-order chi connectivity index (χ0) is 17.9. The van der Waals surface area contributed by atoms with Gasteiger partial charge >= 0.3 is 0 Å². The maximum Gasteiger partial charge on any atom is 0.255 e. The van der Waals surface area contributed by atoms with E-state index < -0.39 is 0 Å². The predicted molar refractivity (Wildman–Crippen MR) is 103 cm³/mol. The molecular weight excluding hydrogens is 366 g/mol. The molecule has 0 aliphatic carbocycles. The summed E-state index contributed by atoms with van der Waals surface area (Å²) in [7, 11) is 0. The third-order valence-corrected chi connectivity index (χ3v) is 6.17. The van der Waals surface area contributed by atoms with Crippen LogP contribution in [0.15, 0.2) is 45.3 Å². The van der Waals surface area contributed by atoms with E-state index in [1.807, 2.05) is 41.5 Å². The fraction of sp³-hybridized carbons (Fsp3) is 0.316. The Morgan fingerprint density at radius 1 is 1.31 bits per heavy atom. The number of hydrogen-bond donors (Lipinski definition) is 0. The smallest absolute Gasteiger partial charge is 0.255 e. The lowest BCUT2D eigenvalue weighted by atomic mass is 10.2. The third-order valence-electron chi connectivity index (χ3n) is 4.36. The quantitative estimate of drug-likeness (QED) is 0.599. The number of aryl methyl sites for hydroxylation is 1. The van der Waals surface area contributed by atoms with Gasteiger partial charge in [0, 0.05) is 25.0 Å². The summed E-state index contributed by atoms with van der Waals surface area (Å²) in [6.07, 6.45) is 3.87. The first-order valence-electron chi connectivity index (χ1n) is 8.59. The van der Waals surface area contributed by atoms with E-state index in [1.54, 1.807) is 29.3 Å². The number of thiophene rings is 1. The topological polar surface area (TPSA) is 59.2 Å². The molecule has 0 N–H and O–H groups in total. The molecule has 5 nitrogen and oxygen atoms in total. The van der Waals surface area contributed by atoms with Gasteiger partial charge in [0.1, 0.15) is 5.76 Å². The second-order valence-electron chi connectivity index (χ2n) is 6.17. The monoisotopic (exact) mass is 385 g/mol. The van der Waals surface area contributed by atoms with E-state index in [0.29, 0.717) is 17.2 Å². The minimum atomic E-state index is 0.0829. The minimum Gasteiger partial charge on any atom is -0.440 e. The van der Waals surface area contributed by atoms with Gasteiger partial charge in [0.25, 0.3) is 5.91 Å². The molecule has 0 aromatic carbocycles. The van der Waals surface area contributed by atoms with Gasteiger partial charge in [-0.05, 0) is 43.3 Å². The SMILES string of the molecule is Cc1oc(-c2cccs2)nc1CSc1ccc(C(=O)N2CCCC2)cn1. The molecule has 1 amide bonds. The highest BCUT2D eigenvalue weighted by atomic mass is 32.2. The third kappa shape index (κ3) is 3.68. The van der Waals surface area contributed by atoms with E-state index in [0.717, 1.165) is 47.3 Å². The number of carbonyl (C=O) groups is 1.